The first-order valence-electron chi connectivity index (χ1n) is 6.71. The van der Waals surface area contributed by atoms with Crippen molar-refractivity contribution in [1.29, 1.82) is 0 Å². The van der Waals surface area contributed by atoms with Crippen molar-refractivity contribution in [2.75, 3.05) is 13.6 Å². The molecule has 0 saturated carbocycles. The average Bonchev–Trinajstić information content (AvgIpc) is 2.99. The highest BCUT2D eigenvalue weighted by atomic mass is 32.1. The van der Waals surface area contributed by atoms with Gasteiger partial charge in [0, 0.05) is 17.0 Å². The molecule has 0 amide bonds. The Morgan fingerprint density at radius 3 is 2.67 bits per heavy atom. The van der Waals surface area contributed by atoms with Gasteiger partial charge in [-0.05, 0) is 50.0 Å². The number of Topliss-reactive ketones (excluding diaryl/α,β-unsaturated/α-hetero) is 1. The Morgan fingerprint density at radius 2 is 2.05 bits per heavy atom. The van der Waals surface area contributed by atoms with Crippen LogP contribution in [0.5, 0.6) is 0 Å². The second-order valence-electron chi connectivity index (χ2n) is 4.98. The number of likely N-dealkylation sites (N-methyl/N-ethyl adjacent to an activating group) is 1. The average molecular weight is 309 g/mol. The highest BCUT2D eigenvalue weighted by Gasteiger charge is 2.20. The van der Waals surface area contributed by atoms with Crippen molar-refractivity contribution in [3.05, 3.63) is 57.8 Å². The number of carbonyl (C=O) groups is 1. The fourth-order valence-corrected chi connectivity index (χ4v) is 2.72. The first-order chi connectivity index (χ1) is 9.99. The van der Waals surface area contributed by atoms with E-state index in [2.05, 4.69) is 6.07 Å². The zero-order valence-corrected chi connectivity index (χ0v) is 12.8. The van der Waals surface area contributed by atoms with Gasteiger partial charge in [-0.2, -0.15) is 0 Å². The normalized spacial score (nSPS) is 12.6. The van der Waals surface area contributed by atoms with Crippen molar-refractivity contribution in [2.24, 2.45) is 0 Å². The topological polar surface area (TPSA) is 20.3 Å². The van der Waals surface area contributed by atoms with Gasteiger partial charge in [0.15, 0.2) is 17.4 Å². The van der Waals surface area contributed by atoms with Crippen LogP contribution in [0.2, 0.25) is 0 Å². The molecular formula is C16H17F2NOS. The monoisotopic (exact) mass is 309 g/mol. The Balaban J connectivity index is 1.98. The third-order valence-corrected chi connectivity index (χ3v) is 4.47. The van der Waals surface area contributed by atoms with Crippen molar-refractivity contribution >= 4 is 17.1 Å². The first-order valence-corrected chi connectivity index (χ1v) is 7.59. The first kappa shape index (κ1) is 15.8. The minimum atomic E-state index is -0.991. The molecule has 0 aliphatic rings. The van der Waals surface area contributed by atoms with E-state index in [9.17, 15) is 13.6 Å². The van der Waals surface area contributed by atoms with E-state index in [0.29, 0.717) is 0 Å². The molecule has 1 unspecified atom stereocenters. The van der Waals surface area contributed by atoms with Gasteiger partial charge < -0.3 is 0 Å². The zero-order valence-electron chi connectivity index (χ0n) is 12.0. The van der Waals surface area contributed by atoms with Gasteiger partial charge in [-0.1, -0.05) is 6.07 Å². The van der Waals surface area contributed by atoms with Gasteiger partial charge in [-0.15, -0.1) is 11.3 Å². The molecular weight excluding hydrogens is 292 g/mol. The van der Waals surface area contributed by atoms with Crippen LogP contribution in [-0.2, 0) is 6.42 Å². The molecule has 0 spiro atoms. The van der Waals surface area contributed by atoms with Gasteiger partial charge in [0.25, 0.3) is 0 Å². The number of rotatable bonds is 6. The van der Waals surface area contributed by atoms with Crippen LogP contribution in [0.25, 0.3) is 0 Å². The molecule has 0 aliphatic carbocycles. The maximum Gasteiger partial charge on any atom is 0.179 e. The van der Waals surface area contributed by atoms with Crippen LogP contribution in [0.15, 0.2) is 35.7 Å². The molecule has 21 heavy (non-hydrogen) atoms. The van der Waals surface area contributed by atoms with E-state index >= 15 is 0 Å². The van der Waals surface area contributed by atoms with E-state index in [0.717, 1.165) is 25.1 Å². The summed E-state index contributed by atoms with van der Waals surface area (Å²) in [6.45, 7) is 2.51. The second kappa shape index (κ2) is 6.91. The summed E-state index contributed by atoms with van der Waals surface area (Å²) in [5.74, 6) is -2.14. The lowest BCUT2D eigenvalue weighted by Crippen LogP contribution is -2.37. The third kappa shape index (κ3) is 3.95. The molecule has 2 nitrogen and oxygen atoms in total. The number of halogens is 2. The molecule has 1 aromatic heterocycles. The number of thiophene rings is 1. The standard InChI is InChI=1S/C16H17F2NOS/c1-11(19(2)8-7-13-4-3-9-21-13)16(20)12-5-6-14(17)15(18)10-12/h3-6,9-11H,7-8H2,1-2H3. The van der Waals surface area contributed by atoms with E-state index in [1.807, 2.05) is 23.4 Å². The van der Waals surface area contributed by atoms with Crippen LogP contribution in [0.4, 0.5) is 8.78 Å². The summed E-state index contributed by atoms with van der Waals surface area (Å²) in [4.78, 5) is 15.5. The molecule has 0 fully saturated rings. The molecule has 1 aromatic carbocycles. The molecule has 0 aliphatic heterocycles. The summed E-state index contributed by atoms with van der Waals surface area (Å²) >= 11 is 1.68. The van der Waals surface area contributed by atoms with E-state index in [1.54, 1.807) is 18.3 Å². The smallest absolute Gasteiger partial charge is 0.179 e. The number of benzene rings is 1. The van der Waals surface area contributed by atoms with Crippen molar-refractivity contribution in [2.45, 2.75) is 19.4 Å². The minimum Gasteiger partial charge on any atom is -0.296 e. The molecule has 0 saturated heterocycles. The highest BCUT2D eigenvalue weighted by Crippen LogP contribution is 2.14. The maximum absolute atomic E-state index is 13.2. The van der Waals surface area contributed by atoms with Crippen LogP contribution in [-0.4, -0.2) is 30.3 Å². The van der Waals surface area contributed by atoms with Gasteiger partial charge in [0.1, 0.15) is 0 Å². The van der Waals surface area contributed by atoms with E-state index < -0.39 is 11.6 Å². The van der Waals surface area contributed by atoms with Crippen LogP contribution in [0.1, 0.15) is 22.2 Å². The third-order valence-electron chi connectivity index (χ3n) is 3.54. The Morgan fingerprint density at radius 1 is 1.29 bits per heavy atom. The van der Waals surface area contributed by atoms with Crippen molar-refractivity contribution < 1.29 is 13.6 Å². The summed E-state index contributed by atoms with van der Waals surface area (Å²) in [6.07, 6.45) is 0.865. The number of hydrogen-bond acceptors (Lipinski definition) is 3. The van der Waals surface area contributed by atoms with E-state index in [4.69, 9.17) is 0 Å². The number of nitrogens with zero attached hydrogens (tertiary/aromatic N) is 1. The van der Waals surface area contributed by atoms with E-state index in [1.165, 1.54) is 10.9 Å². The number of hydrogen-bond donors (Lipinski definition) is 0. The lowest BCUT2D eigenvalue weighted by molar-refractivity contribution is 0.0869. The number of ketones is 1. The van der Waals surface area contributed by atoms with Crippen molar-refractivity contribution in [3.63, 3.8) is 0 Å². The fraction of sp³-hybridized carbons (Fsp3) is 0.312. The second-order valence-corrected chi connectivity index (χ2v) is 6.01. The van der Waals surface area contributed by atoms with Gasteiger partial charge in [0.05, 0.1) is 6.04 Å². The highest BCUT2D eigenvalue weighted by molar-refractivity contribution is 7.09. The van der Waals surface area contributed by atoms with Crippen LogP contribution in [0, 0.1) is 11.6 Å². The molecule has 2 rings (SSSR count). The molecule has 1 atom stereocenters. The molecule has 0 bridgehead atoms. The van der Waals surface area contributed by atoms with Crippen LogP contribution < -0.4 is 0 Å². The minimum absolute atomic E-state index is 0.198. The van der Waals surface area contributed by atoms with Crippen molar-refractivity contribution in [3.8, 4) is 0 Å². The van der Waals surface area contributed by atoms with Crippen molar-refractivity contribution in [1.82, 2.24) is 4.90 Å². The number of carbonyl (C=O) groups excluding carboxylic acids is 1. The molecule has 0 N–H and O–H groups in total. The SMILES string of the molecule is CC(C(=O)c1ccc(F)c(F)c1)N(C)CCc1cccs1. The van der Waals surface area contributed by atoms with Gasteiger partial charge in [-0.3, -0.25) is 9.69 Å². The quantitative estimate of drug-likeness (QED) is 0.757. The van der Waals surface area contributed by atoms with Gasteiger partial charge in [-0.25, -0.2) is 8.78 Å². The van der Waals surface area contributed by atoms with Crippen LogP contribution in [0.3, 0.4) is 0 Å². The predicted octanol–water partition coefficient (Wildman–Crippen LogP) is 3.77. The van der Waals surface area contributed by atoms with Gasteiger partial charge >= 0.3 is 0 Å². The Labute approximate surface area is 127 Å². The summed E-state index contributed by atoms with van der Waals surface area (Å²) in [5, 5.41) is 2.02. The molecule has 2 aromatic rings. The zero-order chi connectivity index (χ0) is 15.4. The fourth-order valence-electron chi connectivity index (χ4n) is 2.03. The lowest BCUT2D eigenvalue weighted by atomic mass is 10.0. The lowest BCUT2D eigenvalue weighted by Gasteiger charge is -2.23. The maximum atomic E-state index is 13.2. The summed E-state index contributed by atoms with van der Waals surface area (Å²) < 4.78 is 26.1. The molecule has 1 heterocycles. The Bertz CT molecular complexity index is 613. The molecule has 112 valence electrons. The summed E-state index contributed by atoms with van der Waals surface area (Å²) in [6, 6.07) is 6.94. The summed E-state index contributed by atoms with van der Waals surface area (Å²) in [5.41, 5.74) is 0.198. The van der Waals surface area contributed by atoms with Gasteiger partial charge in [0.2, 0.25) is 0 Å². The summed E-state index contributed by atoms with van der Waals surface area (Å²) in [7, 11) is 1.86. The predicted molar refractivity (Wildman–Crippen MR) is 80.8 cm³/mol. The van der Waals surface area contributed by atoms with Crippen LogP contribution >= 0.6 is 11.3 Å². The Hall–Kier alpha value is -1.59. The Kier molecular flexibility index (Phi) is 5.20. The largest absolute Gasteiger partial charge is 0.296 e. The molecule has 5 heteroatoms. The van der Waals surface area contributed by atoms with E-state index in [-0.39, 0.29) is 17.4 Å². The molecule has 0 radical (unpaired) electrons.